The van der Waals surface area contributed by atoms with E-state index in [1.807, 2.05) is 6.92 Å². The largest absolute Gasteiger partial charge is 0.396 e. The van der Waals surface area contributed by atoms with E-state index in [0.29, 0.717) is 0 Å². The fourth-order valence-corrected chi connectivity index (χ4v) is 3.97. The Morgan fingerprint density at radius 1 is 1.47 bits per heavy atom. The first-order valence-corrected chi connectivity index (χ1v) is 7.79. The van der Waals surface area contributed by atoms with Crippen molar-refractivity contribution in [2.24, 2.45) is 5.73 Å². The molecule has 1 fully saturated rings. The molecule has 0 saturated carbocycles. The predicted molar refractivity (Wildman–Crippen MR) is 63.7 cm³/mol. The Morgan fingerprint density at radius 3 is 2.80 bits per heavy atom. The van der Waals surface area contributed by atoms with Crippen LogP contribution in [-0.4, -0.2) is 28.3 Å². The van der Waals surface area contributed by atoms with E-state index in [-0.39, 0.29) is 0 Å². The fourth-order valence-electron chi connectivity index (χ4n) is 1.90. The van der Waals surface area contributed by atoms with Gasteiger partial charge in [-0.25, -0.2) is 0 Å². The van der Waals surface area contributed by atoms with Gasteiger partial charge in [-0.05, 0) is 25.4 Å². The first-order chi connectivity index (χ1) is 7.20. The Morgan fingerprint density at radius 2 is 2.27 bits per heavy atom. The second kappa shape index (κ2) is 6.60. The molecule has 90 valence electrons. The molecule has 2 unspecified atom stereocenters. The zero-order chi connectivity index (χ0) is 11.1. The third-order valence-corrected chi connectivity index (χ3v) is 4.75. The Hall–Kier alpha value is 0.0569. The van der Waals surface area contributed by atoms with Crippen LogP contribution in [0.1, 0.15) is 39.5 Å². The van der Waals surface area contributed by atoms with E-state index in [1.165, 1.54) is 12.8 Å². The van der Waals surface area contributed by atoms with Crippen molar-refractivity contribution in [1.29, 1.82) is 0 Å². The van der Waals surface area contributed by atoms with Crippen molar-refractivity contribution in [1.82, 2.24) is 5.32 Å². The lowest BCUT2D eigenvalue weighted by Gasteiger charge is -2.35. The van der Waals surface area contributed by atoms with Crippen LogP contribution in [0.15, 0.2) is 0 Å². The molecule has 1 rings (SSSR count). The number of nitrogens with one attached hydrogen (secondary N) is 1. The Bertz CT molecular complexity index is 169. The van der Waals surface area contributed by atoms with Gasteiger partial charge >= 0.3 is 9.28 Å². The summed E-state index contributed by atoms with van der Waals surface area (Å²) in [5.41, 5.74) is 6.17. The zero-order valence-corrected chi connectivity index (χ0v) is 11.1. The molecule has 0 bridgehead atoms. The summed E-state index contributed by atoms with van der Waals surface area (Å²) in [6, 6.07) is 1.09. The number of rotatable bonds is 6. The van der Waals surface area contributed by atoms with Gasteiger partial charge in [0.2, 0.25) is 0 Å². The molecule has 15 heavy (non-hydrogen) atoms. The van der Waals surface area contributed by atoms with E-state index in [9.17, 15) is 0 Å². The average Bonchev–Trinajstić information content (AvgIpc) is 2.19. The third kappa shape index (κ3) is 4.61. The van der Waals surface area contributed by atoms with Crippen LogP contribution >= 0.6 is 0 Å². The second-order valence-corrected chi connectivity index (χ2v) is 6.09. The molecule has 0 amide bonds. The zero-order valence-electron chi connectivity index (χ0n) is 9.92. The lowest BCUT2D eigenvalue weighted by Crippen LogP contribution is -2.58. The van der Waals surface area contributed by atoms with Gasteiger partial charge in [-0.1, -0.05) is 20.3 Å². The third-order valence-electron chi connectivity index (χ3n) is 2.58. The molecule has 2 atom stereocenters. The average molecular weight is 232 g/mol. The van der Waals surface area contributed by atoms with E-state index in [0.717, 1.165) is 32.0 Å². The van der Waals surface area contributed by atoms with Crippen LogP contribution in [0.2, 0.25) is 6.04 Å². The van der Waals surface area contributed by atoms with Crippen LogP contribution < -0.4 is 11.1 Å². The summed E-state index contributed by atoms with van der Waals surface area (Å²) in [6.07, 6.45) is 4.25. The molecule has 0 spiro atoms. The van der Waals surface area contributed by atoms with Crippen molar-refractivity contribution in [2.75, 3.05) is 13.2 Å². The molecular formula is C10H24N2O2Si. The minimum absolute atomic E-state index is 0.655. The molecular weight excluding hydrogens is 208 g/mol. The smallest absolute Gasteiger partial charge is 0.323 e. The maximum Gasteiger partial charge on any atom is 0.323 e. The van der Waals surface area contributed by atoms with Gasteiger partial charge in [0, 0.05) is 13.0 Å². The van der Waals surface area contributed by atoms with E-state index < -0.39 is 15.1 Å². The standard InChI is InChI=1S/C10H24N2O2Si/c1-3-7-10(11,12-4-2)14-15-9-6-5-8-13-15/h12,15H,3-9,11H2,1-2H3. The highest BCUT2D eigenvalue weighted by atomic mass is 28.3. The first kappa shape index (κ1) is 13.1. The predicted octanol–water partition coefficient (Wildman–Crippen LogP) is 1.06. The van der Waals surface area contributed by atoms with Gasteiger partial charge in [0.1, 0.15) is 0 Å². The first-order valence-electron chi connectivity index (χ1n) is 6.03. The topological polar surface area (TPSA) is 56.5 Å². The number of nitrogens with two attached hydrogens (primary N) is 1. The van der Waals surface area contributed by atoms with Gasteiger partial charge in [0.05, 0.1) is 0 Å². The van der Waals surface area contributed by atoms with Crippen LogP contribution in [0.25, 0.3) is 0 Å². The number of hydrogen-bond donors (Lipinski definition) is 2. The van der Waals surface area contributed by atoms with Crippen molar-refractivity contribution >= 4 is 9.28 Å². The van der Waals surface area contributed by atoms with Crippen molar-refractivity contribution in [3.8, 4) is 0 Å². The summed E-state index contributed by atoms with van der Waals surface area (Å²) < 4.78 is 11.6. The van der Waals surface area contributed by atoms with Crippen molar-refractivity contribution in [3.63, 3.8) is 0 Å². The second-order valence-electron chi connectivity index (χ2n) is 4.08. The van der Waals surface area contributed by atoms with Crippen LogP contribution in [0.3, 0.4) is 0 Å². The molecule has 5 heteroatoms. The summed E-state index contributed by atoms with van der Waals surface area (Å²) >= 11 is 0. The van der Waals surface area contributed by atoms with E-state index >= 15 is 0 Å². The summed E-state index contributed by atoms with van der Waals surface area (Å²) in [6.45, 7) is 5.85. The van der Waals surface area contributed by atoms with E-state index in [4.69, 9.17) is 14.6 Å². The van der Waals surface area contributed by atoms with Gasteiger partial charge in [0.25, 0.3) is 0 Å². The van der Waals surface area contributed by atoms with Gasteiger partial charge in [-0.2, -0.15) is 0 Å². The van der Waals surface area contributed by atoms with Gasteiger partial charge in [-0.15, -0.1) is 0 Å². The SMILES string of the molecule is CCCC(N)(NCC)O[SiH]1CCCCO1. The summed E-state index contributed by atoms with van der Waals surface area (Å²) in [4.78, 5) is 0. The minimum Gasteiger partial charge on any atom is -0.396 e. The maximum atomic E-state index is 6.17. The molecule has 3 N–H and O–H groups in total. The van der Waals surface area contributed by atoms with E-state index in [1.54, 1.807) is 0 Å². The molecule has 1 aliphatic heterocycles. The fraction of sp³-hybridized carbons (Fsp3) is 1.00. The summed E-state index contributed by atoms with van der Waals surface area (Å²) in [7, 11) is -1.50. The van der Waals surface area contributed by atoms with Crippen LogP contribution in [0, 0.1) is 0 Å². The minimum atomic E-state index is -1.50. The molecule has 1 aliphatic rings. The summed E-state index contributed by atoms with van der Waals surface area (Å²) in [5, 5.41) is 3.22. The molecule has 0 aromatic rings. The quantitative estimate of drug-likeness (QED) is 0.531. The summed E-state index contributed by atoms with van der Waals surface area (Å²) in [5.74, 6) is -0.655. The van der Waals surface area contributed by atoms with Crippen molar-refractivity contribution < 1.29 is 8.85 Å². The van der Waals surface area contributed by atoms with Gasteiger partial charge in [-0.3, -0.25) is 11.1 Å². The monoisotopic (exact) mass is 232 g/mol. The highest BCUT2D eigenvalue weighted by molar-refractivity contribution is 6.44. The Kier molecular flexibility index (Phi) is 5.77. The maximum absolute atomic E-state index is 6.17. The molecule has 0 aromatic carbocycles. The van der Waals surface area contributed by atoms with Crippen LogP contribution in [-0.2, 0) is 8.85 Å². The highest BCUT2D eigenvalue weighted by Gasteiger charge is 2.30. The van der Waals surface area contributed by atoms with Gasteiger partial charge in [0.15, 0.2) is 5.85 Å². The molecule has 1 heterocycles. The lowest BCUT2D eigenvalue weighted by atomic mass is 10.2. The Labute approximate surface area is 94.4 Å². The normalized spacial score (nSPS) is 26.2. The molecule has 0 aromatic heterocycles. The molecule has 4 nitrogen and oxygen atoms in total. The highest BCUT2D eigenvalue weighted by Crippen LogP contribution is 2.17. The van der Waals surface area contributed by atoms with E-state index in [2.05, 4.69) is 12.2 Å². The van der Waals surface area contributed by atoms with Crippen molar-refractivity contribution in [3.05, 3.63) is 0 Å². The molecule has 1 saturated heterocycles. The lowest BCUT2D eigenvalue weighted by molar-refractivity contribution is -0.00149. The van der Waals surface area contributed by atoms with Gasteiger partial charge < -0.3 is 8.85 Å². The van der Waals surface area contributed by atoms with Crippen LogP contribution in [0.4, 0.5) is 0 Å². The molecule has 0 aliphatic carbocycles. The van der Waals surface area contributed by atoms with Crippen molar-refractivity contribution in [2.45, 2.75) is 51.4 Å². The van der Waals surface area contributed by atoms with Crippen LogP contribution in [0.5, 0.6) is 0 Å². The molecule has 0 radical (unpaired) electrons. The Balaban J connectivity index is 2.40. The number of hydrogen-bond acceptors (Lipinski definition) is 4.